The number of rotatable bonds is 25. The molecule has 41 heteroatoms. The first-order valence-corrected chi connectivity index (χ1v) is 47.9. The number of aromatic nitrogens is 4. The summed E-state index contributed by atoms with van der Waals surface area (Å²) < 4.78 is 18.0. The van der Waals surface area contributed by atoms with Gasteiger partial charge in [0, 0.05) is 98.3 Å². The first kappa shape index (κ1) is 106. The van der Waals surface area contributed by atoms with Crippen LogP contribution in [0.15, 0.2) is 177 Å². The van der Waals surface area contributed by atoms with Crippen LogP contribution in [0.5, 0.6) is 17.2 Å². The number of benzene rings is 6. The Balaban J connectivity index is 0.990. The highest BCUT2D eigenvalue weighted by Crippen LogP contribution is 2.28. The lowest BCUT2D eigenvalue weighted by atomic mass is 9.94. The van der Waals surface area contributed by atoms with Crippen molar-refractivity contribution < 1.29 is 96.6 Å². The van der Waals surface area contributed by atoms with Crippen LogP contribution in [0.25, 0.3) is 21.8 Å². The van der Waals surface area contributed by atoms with E-state index < -0.39 is 246 Å². The van der Waals surface area contributed by atoms with Gasteiger partial charge in [-0.3, -0.25) is 71.9 Å². The van der Waals surface area contributed by atoms with Crippen LogP contribution < -0.4 is 80.0 Å². The lowest BCUT2D eigenvalue weighted by Crippen LogP contribution is -2.62. The maximum absolute atomic E-state index is 15.8. The monoisotopic (exact) mass is 1940 g/mol. The van der Waals surface area contributed by atoms with Crippen molar-refractivity contribution in [1.82, 2.24) is 93.4 Å². The number of amides is 15. The molecule has 2 saturated heterocycles. The molecule has 18 atom stereocenters. The van der Waals surface area contributed by atoms with Gasteiger partial charge in [-0.25, -0.2) is 13.9 Å². The Morgan fingerprint density at radius 2 is 0.850 bits per heavy atom. The number of hydrogen-bond acceptors (Lipinski definition) is 21. The number of aliphatic hydroxyl groups is 1. The van der Waals surface area contributed by atoms with E-state index in [9.17, 15) is 39.6 Å². The maximum Gasteiger partial charge on any atom is 0.246 e. The van der Waals surface area contributed by atoms with Gasteiger partial charge in [0.1, 0.15) is 112 Å². The molecule has 2 aliphatic rings. The molecular weight excluding hydrogens is 1820 g/mol. The molecule has 9 aromatic rings. The van der Waals surface area contributed by atoms with E-state index in [1.807, 2.05) is 18.2 Å². The predicted molar refractivity (Wildman–Crippen MR) is 517 cm³/mol. The van der Waals surface area contributed by atoms with E-state index in [-0.39, 0.29) is 87.3 Å². The number of nitrogens with zero attached hydrogens (tertiary/aromatic N) is 2. The van der Waals surface area contributed by atoms with Gasteiger partial charge in [0.05, 0.1) is 24.5 Å². The fourth-order valence-corrected chi connectivity index (χ4v) is 18.3. The summed E-state index contributed by atoms with van der Waals surface area (Å²) >= 11 is 0. The van der Waals surface area contributed by atoms with Crippen LogP contribution in [-0.2, 0) is 128 Å². The molecule has 15 amide bonds. The quantitative estimate of drug-likeness (QED) is 0.0386. The molecule has 5 heterocycles. The number of carbonyl (C=O) groups is 15. The third kappa shape index (κ3) is 29.4. The second kappa shape index (κ2) is 49.9. The van der Waals surface area contributed by atoms with Crippen LogP contribution in [0.3, 0.4) is 0 Å². The summed E-state index contributed by atoms with van der Waals surface area (Å²) in [6, 6.07) is 18.0. The number of nitrogens with two attached hydrogens (primary N) is 2. The van der Waals surface area contributed by atoms with Gasteiger partial charge in [-0.15, -0.1) is 0 Å². The van der Waals surface area contributed by atoms with Crippen LogP contribution >= 0.6 is 0 Å². The van der Waals surface area contributed by atoms with Crippen molar-refractivity contribution in [2.24, 2.45) is 29.2 Å². The van der Waals surface area contributed by atoms with Crippen molar-refractivity contribution in [3.05, 3.63) is 216 Å². The fraction of sp³-hybridized carbons (Fsp3) is 0.414. The molecule has 3 aromatic heterocycles. The van der Waals surface area contributed by atoms with Crippen molar-refractivity contribution in [3.8, 4) is 17.2 Å². The number of nitrogens with one attached hydrogen (secondary N) is 16. The highest BCUT2D eigenvalue weighted by molar-refractivity contribution is 7.83. The van der Waals surface area contributed by atoms with E-state index >= 15 is 56.9 Å². The average Bonchev–Trinajstić information content (AvgIpc) is 1.66. The number of phenolic OH excluding ortho intramolecular Hbond substituents is 3. The molecule has 0 spiro atoms. The van der Waals surface area contributed by atoms with Crippen LogP contribution in [-0.4, -0.2) is 235 Å². The summed E-state index contributed by atoms with van der Waals surface area (Å²) in [5.74, 6) is -17.5. The molecule has 2 aliphatic heterocycles. The first-order valence-electron chi connectivity index (χ1n) is 46.7. The number of aliphatic hydroxyl groups excluding tert-OH is 1. The van der Waals surface area contributed by atoms with E-state index in [0.717, 1.165) is 6.92 Å². The molecule has 0 saturated carbocycles. The molecule has 746 valence electrons. The zero-order valence-corrected chi connectivity index (χ0v) is 79.5. The number of fused-ring (bicyclic) bond motifs is 3. The largest absolute Gasteiger partial charge is 0.508 e. The molecule has 0 radical (unpaired) electrons. The molecule has 24 N–H and O–H groups in total. The number of hydrogen-bond donors (Lipinski definition) is 22. The molecule has 0 bridgehead atoms. The topological polar surface area (TPSA) is 626 Å². The number of aromatic amines is 3. The van der Waals surface area contributed by atoms with Gasteiger partial charge >= 0.3 is 0 Å². The Labute approximate surface area is 810 Å². The van der Waals surface area contributed by atoms with E-state index in [1.54, 1.807) is 115 Å². The summed E-state index contributed by atoms with van der Waals surface area (Å²) in [6.07, 6.45) is 0.754. The smallest absolute Gasteiger partial charge is 0.246 e. The minimum atomic E-state index is -2.51. The van der Waals surface area contributed by atoms with Crippen LogP contribution in [0.4, 0.5) is 0 Å². The van der Waals surface area contributed by atoms with Crippen LogP contribution in [0, 0.1) is 17.8 Å². The normalized spacial score (nSPS) is 23.8. The van der Waals surface area contributed by atoms with E-state index in [2.05, 4.69) is 88.5 Å². The molecule has 11 rings (SSSR count). The van der Waals surface area contributed by atoms with E-state index in [4.69, 9.17) is 11.5 Å². The number of imidazole rings is 1. The summed E-state index contributed by atoms with van der Waals surface area (Å²) in [4.78, 5) is 240. The van der Waals surface area contributed by atoms with Crippen molar-refractivity contribution in [1.29, 1.82) is 0 Å². The predicted octanol–water partition coefficient (Wildman–Crippen LogP) is 1.55. The van der Waals surface area contributed by atoms with Crippen LogP contribution in [0.1, 0.15) is 139 Å². The second-order valence-electron chi connectivity index (χ2n) is 36.0. The Morgan fingerprint density at radius 3 is 1.31 bits per heavy atom. The van der Waals surface area contributed by atoms with Crippen molar-refractivity contribution >= 4 is 121 Å². The molecule has 140 heavy (non-hydrogen) atoms. The number of aromatic hydroxyl groups is 3. The van der Waals surface area contributed by atoms with Gasteiger partial charge in [0.25, 0.3) is 0 Å². The standard InChI is InChI=1S/C99H124N20O20S/c1-8-54(5)84-98(137)113-79(46-62-50-104-70-24-16-14-22-68(62)70)99(138)119-40-18-27-82(119)140(139)118-78(48-80(100)124)95(134)111-77(47-63-51-102-52-105-63)92(131)110-73(41-57-19-11-10-12-20-57)90(129)109-75(44-60-32-38-66(123)39-33-60)91(130)108-74(43-59-30-36-65(122)37-31-59)89(128)107-71(88(127)117-86(56(7)120)87(101)126)25-17-26-81(125)106-72(42-58-28-34-64(121)35-29-58)93(132)114-83(53(3)4)96(135)116-85(55(6)9-2)97(136)112-76(94(133)115-84)45-61-49-103-69-23-15-13-21-67(61)69/h10-16,19-24,28-39,49-56,71-79,82-86,103-104,118,120-123H,8-9,17-18,25-27,40-48H2,1-7H3,(H2,100,124)(H2,101,126)(H,102,105)(H,106,125)(H,107,128)(H,108,130)(H,109,129)(H,110,131)(H,111,134)(H,112,136)(H,113,137)(H,114,132)(H,115,133)(H,116,135)(H,117,127)/t54-,55-,56+,71+,72-,73-,74-,75-,76-,77-,78-,79-,82-,83-,84-,85-,86-,140?/m1/s1. The lowest BCUT2D eigenvalue weighted by Gasteiger charge is -2.32. The third-order valence-corrected chi connectivity index (χ3v) is 26.7. The number of carbonyl (C=O) groups excluding carboxylic acids is 15. The lowest BCUT2D eigenvalue weighted by molar-refractivity contribution is -0.138. The molecule has 1 unspecified atom stereocenters. The maximum atomic E-state index is 15.8. The zero-order valence-electron chi connectivity index (χ0n) is 78.7. The molecule has 6 aromatic carbocycles. The van der Waals surface area contributed by atoms with Gasteiger partial charge < -0.3 is 116 Å². The molecular formula is C99H124N20O20S. The summed E-state index contributed by atoms with van der Waals surface area (Å²) in [7, 11) is -2.51. The van der Waals surface area contributed by atoms with Crippen molar-refractivity contribution in [2.45, 2.75) is 235 Å². The zero-order chi connectivity index (χ0) is 101. The number of para-hydroxylation sites is 2. The Morgan fingerprint density at radius 1 is 0.450 bits per heavy atom. The Kier molecular flexibility index (Phi) is 37.7. The first-order chi connectivity index (χ1) is 66.9. The van der Waals surface area contributed by atoms with Gasteiger partial charge in [-0.05, 0) is 132 Å². The fourth-order valence-electron chi connectivity index (χ4n) is 16.8. The second-order valence-corrected chi connectivity index (χ2v) is 37.4. The van der Waals surface area contributed by atoms with Crippen molar-refractivity contribution in [3.63, 3.8) is 0 Å². The van der Waals surface area contributed by atoms with E-state index in [1.165, 1.54) is 90.2 Å². The summed E-state index contributed by atoms with van der Waals surface area (Å²) in [5.41, 5.74) is 15.6. The Bertz CT molecular complexity index is 5880. The van der Waals surface area contributed by atoms with Gasteiger partial charge in [-0.1, -0.05) is 158 Å². The van der Waals surface area contributed by atoms with Crippen molar-refractivity contribution in [2.75, 3.05) is 6.54 Å². The summed E-state index contributed by atoms with van der Waals surface area (Å²) in [5, 5.41) is 74.8. The minimum absolute atomic E-state index is 0.0238. The van der Waals surface area contributed by atoms with Gasteiger partial charge in [0.15, 0.2) is 0 Å². The number of primary amides is 2. The van der Waals surface area contributed by atoms with E-state index in [0.29, 0.717) is 55.2 Å². The SMILES string of the molecule is CC[C@@H](C)[C@H]1NC(=O)[C@@H](Cc2c[nH]c3ccccc23)NC(=O)[C@@H]([C@H](C)CC)NC(=O)[C@@H](C(C)C)NC(=O)[C@@H](Cc2ccc(O)cc2)NC(=O)CCC[C@@H](C(=O)N[C@@H](C(N)=O)[C@H](C)O)NC(=O)[C@@H](Cc2ccc(O)cc2)NC(=O)[C@@H](Cc2ccc(O)cc2)NC(=O)[C@@H](Cc2ccccc2)NC(=O)[C@@H](Cc2c[nH]cn2)NC(=O)[C@@H](CC(N)=O)NS(=O)[C@@H]2CCCN2C(=O)[C@@H](Cc2c[nH]c3ccccc23)NC1=O. The van der Waals surface area contributed by atoms with Gasteiger partial charge in [0.2, 0.25) is 88.6 Å². The average molecular weight is 1950 g/mol. The highest BCUT2D eigenvalue weighted by Gasteiger charge is 2.44. The third-order valence-electron chi connectivity index (χ3n) is 25.2. The number of H-pyrrole nitrogens is 3. The number of phenols is 3. The molecule has 0 aliphatic carbocycles. The minimum Gasteiger partial charge on any atom is -0.508 e. The van der Waals surface area contributed by atoms with Crippen LogP contribution in [0.2, 0.25) is 0 Å². The Hall–Kier alpha value is -14.9. The molecule has 40 nitrogen and oxygen atoms in total. The highest BCUT2D eigenvalue weighted by atomic mass is 32.2. The molecule has 2 fully saturated rings. The summed E-state index contributed by atoms with van der Waals surface area (Å²) in [6.45, 7) is 11.2. The van der Waals surface area contributed by atoms with Gasteiger partial charge in [-0.2, -0.15) is 0 Å².